The number of sulfone groups is 1. The quantitative estimate of drug-likeness (QED) is 0.566. The lowest BCUT2D eigenvalue weighted by atomic mass is 10.1. The number of rotatable bonds is 7. The molecule has 136 valence electrons. The SMILES string of the molecule is C[C@H](OC(=O)CCC(=O)c1ccccc1)C(=O)N[C@H]1CCS(=O)(=O)C1. The van der Waals surface area contributed by atoms with E-state index >= 15 is 0 Å². The summed E-state index contributed by atoms with van der Waals surface area (Å²) in [7, 11) is -3.09. The number of Topliss-reactive ketones (excluding diaryl/α,β-unsaturated/α-hetero) is 1. The molecule has 25 heavy (non-hydrogen) atoms. The molecular weight excluding hydrogens is 346 g/mol. The highest BCUT2D eigenvalue weighted by Crippen LogP contribution is 2.12. The maximum Gasteiger partial charge on any atom is 0.307 e. The van der Waals surface area contributed by atoms with E-state index in [4.69, 9.17) is 4.74 Å². The van der Waals surface area contributed by atoms with E-state index < -0.39 is 33.9 Å². The highest BCUT2D eigenvalue weighted by atomic mass is 32.2. The van der Waals surface area contributed by atoms with Gasteiger partial charge in [-0.25, -0.2) is 8.42 Å². The minimum absolute atomic E-state index is 0.00193. The lowest BCUT2D eigenvalue weighted by Crippen LogP contribution is -2.42. The van der Waals surface area contributed by atoms with Crippen LogP contribution in [-0.4, -0.2) is 49.7 Å². The van der Waals surface area contributed by atoms with E-state index in [1.165, 1.54) is 6.92 Å². The average molecular weight is 367 g/mol. The molecule has 0 bridgehead atoms. The highest BCUT2D eigenvalue weighted by Gasteiger charge is 2.30. The number of carbonyl (C=O) groups is 3. The molecule has 7 nitrogen and oxygen atoms in total. The average Bonchev–Trinajstić information content (AvgIpc) is 2.91. The molecule has 1 N–H and O–H groups in total. The van der Waals surface area contributed by atoms with Crippen LogP contribution in [0.1, 0.15) is 36.5 Å². The Kier molecular flexibility index (Phi) is 6.30. The Hall–Kier alpha value is -2.22. The molecule has 1 saturated heterocycles. The lowest BCUT2D eigenvalue weighted by molar-refractivity contribution is -0.154. The van der Waals surface area contributed by atoms with E-state index in [1.54, 1.807) is 30.3 Å². The first kappa shape index (κ1) is 19.1. The topological polar surface area (TPSA) is 107 Å². The minimum Gasteiger partial charge on any atom is -0.453 e. The first-order chi connectivity index (χ1) is 11.8. The fraction of sp³-hybridized carbons (Fsp3) is 0.471. The normalized spacial score (nSPS) is 19.8. The summed E-state index contributed by atoms with van der Waals surface area (Å²) in [6, 6.07) is 8.15. The molecule has 2 rings (SSSR count). The van der Waals surface area contributed by atoms with Crippen LogP contribution in [0.2, 0.25) is 0 Å². The molecule has 0 spiro atoms. The van der Waals surface area contributed by atoms with Gasteiger partial charge in [0.15, 0.2) is 21.7 Å². The van der Waals surface area contributed by atoms with Crippen LogP contribution in [0.5, 0.6) is 0 Å². The van der Waals surface area contributed by atoms with Gasteiger partial charge in [-0.3, -0.25) is 14.4 Å². The molecule has 0 aromatic heterocycles. The number of ether oxygens (including phenoxy) is 1. The first-order valence-electron chi connectivity index (χ1n) is 8.05. The van der Waals surface area contributed by atoms with Crippen molar-refractivity contribution in [3.05, 3.63) is 35.9 Å². The Labute approximate surface area is 146 Å². The van der Waals surface area contributed by atoms with E-state index in [9.17, 15) is 22.8 Å². The third kappa shape index (κ3) is 5.97. The van der Waals surface area contributed by atoms with Gasteiger partial charge in [-0.2, -0.15) is 0 Å². The molecule has 0 radical (unpaired) electrons. The summed E-state index contributed by atoms with van der Waals surface area (Å²) in [6.07, 6.45) is -0.802. The molecule has 8 heteroatoms. The zero-order valence-corrected chi connectivity index (χ0v) is 14.8. The number of carbonyl (C=O) groups excluding carboxylic acids is 3. The predicted octanol–water partition coefficient (Wildman–Crippen LogP) is 0.885. The van der Waals surface area contributed by atoms with Crippen molar-refractivity contribution < 1.29 is 27.5 Å². The van der Waals surface area contributed by atoms with Crippen LogP contribution >= 0.6 is 0 Å². The van der Waals surface area contributed by atoms with Crippen molar-refractivity contribution in [1.29, 1.82) is 0 Å². The van der Waals surface area contributed by atoms with Gasteiger partial charge >= 0.3 is 5.97 Å². The van der Waals surface area contributed by atoms with Crippen molar-refractivity contribution in [2.45, 2.75) is 38.3 Å². The molecule has 1 amide bonds. The molecule has 0 aliphatic carbocycles. The van der Waals surface area contributed by atoms with Gasteiger partial charge in [0.2, 0.25) is 0 Å². The largest absolute Gasteiger partial charge is 0.453 e. The van der Waals surface area contributed by atoms with Gasteiger partial charge in [-0.15, -0.1) is 0 Å². The second-order valence-corrected chi connectivity index (χ2v) is 8.26. The molecule has 1 aromatic rings. The van der Waals surface area contributed by atoms with E-state index in [2.05, 4.69) is 5.32 Å². The molecule has 0 saturated carbocycles. The van der Waals surface area contributed by atoms with E-state index in [-0.39, 0.29) is 30.1 Å². The Bertz CT molecular complexity index is 744. The van der Waals surface area contributed by atoms with Gasteiger partial charge in [0.1, 0.15) is 0 Å². The summed E-state index contributed by atoms with van der Waals surface area (Å²) < 4.78 is 27.7. The van der Waals surface area contributed by atoms with E-state index in [0.717, 1.165) is 0 Å². The monoisotopic (exact) mass is 367 g/mol. The van der Waals surface area contributed by atoms with E-state index in [0.29, 0.717) is 12.0 Å². The van der Waals surface area contributed by atoms with Crippen LogP contribution in [-0.2, 0) is 24.2 Å². The Balaban J connectivity index is 1.74. The maximum atomic E-state index is 12.0. The second kappa shape index (κ2) is 8.24. The van der Waals surface area contributed by atoms with Crippen molar-refractivity contribution in [3.8, 4) is 0 Å². The summed E-state index contributed by atoms with van der Waals surface area (Å²) in [5, 5.41) is 2.57. The van der Waals surface area contributed by atoms with E-state index in [1.807, 2.05) is 0 Å². The zero-order chi connectivity index (χ0) is 18.4. The molecule has 1 heterocycles. The number of ketones is 1. The van der Waals surface area contributed by atoms with Crippen LogP contribution in [0, 0.1) is 0 Å². The van der Waals surface area contributed by atoms with Crippen molar-refractivity contribution in [1.82, 2.24) is 5.32 Å². The second-order valence-electron chi connectivity index (χ2n) is 6.03. The molecule has 2 atom stereocenters. The summed E-state index contributed by atoms with van der Waals surface area (Å²) in [6.45, 7) is 1.41. The number of hydrogen-bond donors (Lipinski definition) is 1. The van der Waals surface area contributed by atoms with Crippen molar-refractivity contribution in [3.63, 3.8) is 0 Å². The van der Waals surface area contributed by atoms with Gasteiger partial charge in [0, 0.05) is 18.0 Å². The van der Waals surface area contributed by atoms with Gasteiger partial charge in [0.25, 0.3) is 5.91 Å². The summed E-state index contributed by atoms with van der Waals surface area (Å²) in [5.74, 6) is -1.40. The van der Waals surface area contributed by atoms with Crippen LogP contribution in [0.3, 0.4) is 0 Å². The predicted molar refractivity (Wildman–Crippen MR) is 90.8 cm³/mol. The molecule has 0 unspecified atom stereocenters. The number of benzene rings is 1. The smallest absolute Gasteiger partial charge is 0.307 e. The third-order valence-electron chi connectivity index (χ3n) is 3.91. The fourth-order valence-corrected chi connectivity index (χ4v) is 4.19. The Morgan fingerprint density at radius 1 is 1.20 bits per heavy atom. The zero-order valence-electron chi connectivity index (χ0n) is 13.9. The Morgan fingerprint density at radius 3 is 2.48 bits per heavy atom. The van der Waals surface area contributed by atoms with Gasteiger partial charge in [0.05, 0.1) is 17.9 Å². The van der Waals surface area contributed by atoms with Crippen molar-refractivity contribution >= 4 is 27.5 Å². The third-order valence-corrected chi connectivity index (χ3v) is 5.68. The molecule has 1 aliphatic heterocycles. The fourth-order valence-electron chi connectivity index (χ4n) is 2.52. The van der Waals surface area contributed by atoms with Gasteiger partial charge in [-0.1, -0.05) is 30.3 Å². The van der Waals surface area contributed by atoms with Crippen LogP contribution in [0.15, 0.2) is 30.3 Å². The first-order valence-corrected chi connectivity index (χ1v) is 9.87. The minimum atomic E-state index is -3.09. The number of amides is 1. The maximum absolute atomic E-state index is 12.0. The van der Waals surface area contributed by atoms with Crippen LogP contribution in [0.25, 0.3) is 0 Å². The standard InChI is InChI=1S/C17H21NO6S/c1-12(17(21)18-14-9-10-25(22,23)11-14)24-16(20)8-7-15(19)13-5-3-2-4-6-13/h2-6,12,14H,7-11H2,1H3,(H,18,21)/t12-,14-/m0/s1. The molecule has 1 fully saturated rings. The molecule has 1 aliphatic rings. The summed E-state index contributed by atoms with van der Waals surface area (Å²) in [4.78, 5) is 35.7. The summed E-state index contributed by atoms with van der Waals surface area (Å²) in [5.41, 5.74) is 0.517. The highest BCUT2D eigenvalue weighted by molar-refractivity contribution is 7.91. The number of nitrogens with one attached hydrogen (secondary N) is 1. The van der Waals surface area contributed by atoms with Crippen LogP contribution in [0.4, 0.5) is 0 Å². The van der Waals surface area contributed by atoms with Gasteiger partial charge in [-0.05, 0) is 13.3 Å². The van der Waals surface area contributed by atoms with Crippen molar-refractivity contribution in [2.75, 3.05) is 11.5 Å². The molecular formula is C17H21NO6S. The van der Waals surface area contributed by atoms with Crippen molar-refractivity contribution in [2.24, 2.45) is 0 Å². The number of hydrogen-bond acceptors (Lipinski definition) is 6. The van der Waals surface area contributed by atoms with Gasteiger partial charge < -0.3 is 10.1 Å². The lowest BCUT2D eigenvalue weighted by Gasteiger charge is -2.16. The molecule has 1 aromatic carbocycles. The number of esters is 1. The summed E-state index contributed by atoms with van der Waals surface area (Å²) >= 11 is 0. The van der Waals surface area contributed by atoms with Crippen LogP contribution < -0.4 is 5.32 Å². The Morgan fingerprint density at radius 2 is 1.88 bits per heavy atom.